The standard InChI is InChI=1S/C18H25N5O2/c1-14-5-7-23(20-14)15(2)12-18(24)22-10-8-21(9-11-22)17-13-16(25-3)4-6-19-17/h4-7,13,15H,8-12H2,1-3H3. The first-order chi connectivity index (χ1) is 12.1. The third-order valence-electron chi connectivity index (χ3n) is 4.57. The largest absolute Gasteiger partial charge is 0.497 e. The minimum absolute atomic E-state index is 0.0688. The Kier molecular flexibility index (Phi) is 5.21. The lowest BCUT2D eigenvalue weighted by Crippen LogP contribution is -2.49. The highest BCUT2D eigenvalue weighted by atomic mass is 16.5. The SMILES string of the molecule is COc1ccnc(N2CCN(C(=O)CC(C)n3ccc(C)n3)CC2)c1. The number of methoxy groups -OCH3 is 1. The molecule has 0 radical (unpaired) electrons. The summed E-state index contributed by atoms with van der Waals surface area (Å²) < 4.78 is 7.12. The second kappa shape index (κ2) is 7.55. The number of hydrogen-bond acceptors (Lipinski definition) is 5. The minimum Gasteiger partial charge on any atom is -0.497 e. The van der Waals surface area contributed by atoms with Crippen molar-refractivity contribution in [3.63, 3.8) is 0 Å². The Labute approximate surface area is 148 Å². The Morgan fingerprint density at radius 1 is 1.28 bits per heavy atom. The fourth-order valence-corrected chi connectivity index (χ4v) is 3.04. The number of aryl methyl sites for hydroxylation is 1. The van der Waals surface area contributed by atoms with Gasteiger partial charge < -0.3 is 14.5 Å². The Bertz CT molecular complexity index is 722. The minimum atomic E-state index is 0.0688. The molecule has 2 aromatic rings. The molecule has 7 nitrogen and oxygen atoms in total. The molecule has 2 aromatic heterocycles. The normalized spacial score (nSPS) is 16.0. The van der Waals surface area contributed by atoms with Crippen LogP contribution in [-0.2, 0) is 4.79 Å². The van der Waals surface area contributed by atoms with E-state index in [1.165, 1.54) is 0 Å². The Morgan fingerprint density at radius 3 is 2.68 bits per heavy atom. The molecule has 1 saturated heterocycles. The fraction of sp³-hybridized carbons (Fsp3) is 0.500. The molecule has 0 N–H and O–H groups in total. The van der Waals surface area contributed by atoms with Gasteiger partial charge in [-0.3, -0.25) is 9.48 Å². The van der Waals surface area contributed by atoms with E-state index in [0.717, 1.165) is 30.4 Å². The highest BCUT2D eigenvalue weighted by Gasteiger charge is 2.23. The van der Waals surface area contributed by atoms with E-state index in [9.17, 15) is 4.79 Å². The molecular weight excluding hydrogens is 318 g/mol. The number of hydrogen-bond donors (Lipinski definition) is 0. The lowest BCUT2D eigenvalue weighted by Gasteiger charge is -2.36. The van der Waals surface area contributed by atoms with Crippen LogP contribution in [0.2, 0.25) is 0 Å². The molecule has 1 aliphatic rings. The van der Waals surface area contributed by atoms with Gasteiger partial charge >= 0.3 is 0 Å². The summed E-state index contributed by atoms with van der Waals surface area (Å²) in [6.45, 7) is 6.96. The number of rotatable bonds is 5. The Hall–Kier alpha value is -2.57. The second-order valence-electron chi connectivity index (χ2n) is 6.41. The van der Waals surface area contributed by atoms with Gasteiger partial charge in [-0.05, 0) is 26.0 Å². The van der Waals surface area contributed by atoms with Gasteiger partial charge in [-0.15, -0.1) is 0 Å². The molecule has 1 unspecified atom stereocenters. The van der Waals surface area contributed by atoms with Gasteiger partial charge in [0.25, 0.3) is 0 Å². The molecule has 134 valence electrons. The highest BCUT2D eigenvalue weighted by molar-refractivity contribution is 5.77. The first-order valence-electron chi connectivity index (χ1n) is 8.61. The summed E-state index contributed by atoms with van der Waals surface area (Å²) in [7, 11) is 1.65. The number of carbonyl (C=O) groups is 1. The summed E-state index contributed by atoms with van der Waals surface area (Å²) in [5.41, 5.74) is 0.971. The predicted octanol–water partition coefficient (Wildman–Crippen LogP) is 1.90. The van der Waals surface area contributed by atoms with Crippen molar-refractivity contribution in [3.05, 3.63) is 36.3 Å². The number of nitrogens with zero attached hydrogens (tertiary/aromatic N) is 5. The quantitative estimate of drug-likeness (QED) is 0.830. The van der Waals surface area contributed by atoms with Crippen LogP contribution in [0.5, 0.6) is 5.75 Å². The van der Waals surface area contributed by atoms with Crippen molar-refractivity contribution in [1.29, 1.82) is 0 Å². The van der Waals surface area contributed by atoms with Crippen LogP contribution in [0.1, 0.15) is 25.1 Å². The Balaban J connectivity index is 1.53. The molecule has 1 aliphatic heterocycles. The zero-order valence-electron chi connectivity index (χ0n) is 15.1. The van der Waals surface area contributed by atoms with Crippen molar-refractivity contribution in [1.82, 2.24) is 19.7 Å². The van der Waals surface area contributed by atoms with Gasteiger partial charge in [0.05, 0.1) is 18.8 Å². The molecule has 1 atom stereocenters. The molecule has 7 heteroatoms. The van der Waals surface area contributed by atoms with Crippen LogP contribution in [0.25, 0.3) is 0 Å². The van der Waals surface area contributed by atoms with Crippen LogP contribution in [0.4, 0.5) is 5.82 Å². The number of piperazine rings is 1. The number of carbonyl (C=O) groups excluding carboxylic acids is 1. The van der Waals surface area contributed by atoms with Crippen LogP contribution < -0.4 is 9.64 Å². The number of anilines is 1. The van der Waals surface area contributed by atoms with Crippen molar-refractivity contribution in [2.45, 2.75) is 26.3 Å². The monoisotopic (exact) mass is 343 g/mol. The van der Waals surface area contributed by atoms with Crippen molar-refractivity contribution >= 4 is 11.7 Å². The van der Waals surface area contributed by atoms with Crippen LogP contribution in [-0.4, -0.2) is 58.9 Å². The third-order valence-corrected chi connectivity index (χ3v) is 4.57. The predicted molar refractivity (Wildman–Crippen MR) is 95.9 cm³/mol. The molecule has 3 rings (SSSR count). The molecule has 0 aliphatic carbocycles. The summed E-state index contributed by atoms with van der Waals surface area (Å²) in [6, 6.07) is 5.79. The highest BCUT2D eigenvalue weighted by Crippen LogP contribution is 2.20. The van der Waals surface area contributed by atoms with E-state index >= 15 is 0 Å². The fourth-order valence-electron chi connectivity index (χ4n) is 3.04. The van der Waals surface area contributed by atoms with E-state index in [0.29, 0.717) is 19.5 Å². The van der Waals surface area contributed by atoms with Crippen LogP contribution >= 0.6 is 0 Å². The average Bonchev–Trinajstić information content (AvgIpc) is 3.08. The third kappa shape index (κ3) is 4.10. The van der Waals surface area contributed by atoms with Gasteiger partial charge in [0.15, 0.2) is 0 Å². The summed E-state index contributed by atoms with van der Waals surface area (Å²) >= 11 is 0. The van der Waals surface area contributed by atoms with Crippen molar-refractivity contribution in [2.24, 2.45) is 0 Å². The molecule has 0 bridgehead atoms. The molecule has 0 aromatic carbocycles. The van der Waals surface area contributed by atoms with E-state index in [4.69, 9.17) is 4.74 Å². The van der Waals surface area contributed by atoms with Crippen molar-refractivity contribution < 1.29 is 9.53 Å². The molecule has 3 heterocycles. The van der Waals surface area contributed by atoms with Crippen LogP contribution in [0.3, 0.4) is 0 Å². The van der Waals surface area contributed by atoms with E-state index in [2.05, 4.69) is 15.0 Å². The molecule has 25 heavy (non-hydrogen) atoms. The van der Waals surface area contributed by atoms with Crippen molar-refractivity contribution in [2.75, 3.05) is 38.2 Å². The zero-order chi connectivity index (χ0) is 17.8. The van der Waals surface area contributed by atoms with Gasteiger partial charge in [0.2, 0.25) is 5.91 Å². The maximum absolute atomic E-state index is 12.6. The van der Waals surface area contributed by atoms with Gasteiger partial charge in [-0.2, -0.15) is 5.10 Å². The zero-order valence-corrected chi connectivity index (χ0v) is 15.1. The molecule has 1 amide bonds. The average molecular weight is 343 g/mol. The van der Waals surface area contributed by atoms with Crippen LogP contribution in [0, 0.1) is 6.92 Å². The lowest BCUT2D eigenvalue weighted by atomic mass is 10.2. The first kappa shape index (κ1) is 17.3. The van der Waals surface area contributed by atoms with E-state index in [-0.39, 0.29) is 11.9 Å². The molecule has 0 spiro atoms. The molecule has 0 saturated carbocycles. The van der Waals surface area contributed by atoms with Crippen molar-refractivity contribution in [3.8, 4) is 5.75 Å². The first-order valence-corrected chi connectivity index (χ1v) is 8.61. The van der Waals surface area contributed by atoms with E-state index in [1.807, 2.05) is 47.8 Å². The summed E-state index contributed by atoms with van der Waals surface area (Å²) in [6.07, 6.45) is 4.15. The maximum Gasteiger partial charge on any atom is 0.224 e. The molecule has 1 fully saturated rings. The van der Waals surface area contributed by atoms with Gasteiger partial charge in [-0.1, -0.05) is 0 Å². The van der Waals surface area contributed by atoms with Gasteiger partial charge in [0.1, 0.15) is 11.6 Å². The number of pyridine rings is 1. The summed E-state index contributed by atoms with van der Waals surface area (Å²) in [4.78, 5) is 21.1. The van der Waals surface area contributed by atoms with Crippen LogP contribution in [0.15, 0.2) is 30.6 Å². The smallest absolute Gasteiger partial charge is 0.224 e. The number of aromatic nitrogens is 3. The Morgan fingerprint density at radius 2 is 2.04 bits per heavy atom. The number of amides is 1. The summed E-state index contributed by atoms with van der Waals surface area (Å²) in [5, 5.41) is 4.39. The van der Waals surface area contributed by atoms with E-state index < -0.39 is 0 Å². The van der Waals surface area contributed by atoms with Gasteiger partial charge in [-0.25, -0.2) is 4.98 Å². The van der Waals surface area contributed by atoms with Gasteiger partial charge in [0, 0.05) is 51.1 Å². The molecular formula is C18H25N5O2. The summed E-state index contributed by atoms with van der Waals surface area (Å²) in [5.74, 6) is 1.87. The number of ether oxygens (including phenoxy) is 1. The topological polar surface area (TPSA) is 63.5 Å². The maximum atomic E-state index is 12.6. The second-order valence-corrected chi connectivity index (χ2v) is 6.41. The van der Waals surface area contributed by atoms with E-state index in [1.54, 1.807) is 13.3 Å². The lowest BCUT2D eigenvalue weighted by molar-refractivity contribution is -0.132.